The number of fused-ring (bicyclic) bond motifs is 1. The topological polar surface area (TPSA) is 96.5 Å². The molecule has 0 radical (unpaired) electrons. The molecule has 0 aromatic heterocycles. The molecular formula is C41H32ClN3O4S. The molecule has 3 amide bonds. The minimum Gasteiger partial charge on any atom is -0.495 e. The fourth-order valence-electron chi connectivity index (χ4n) is 5.28. The highest BCUT2D eigenvalue weighted by Crippen LogP contribution is 2.37. The molecule has 3 N–H and O–H groups in total. The number of halogens is 1. The van der Waals surface area contributed by atoms with Gasteiger partial charge in [0.25, 0.3) is 11.8 Å². The van der Waals surface area contributed by atoms with Crippen molar-refractivity contribution in [3.8, 4) is 5.75 Å². The number of benzene rings is 6. The fraction of sp³-hybridized carbons (Fsp3) is 0.0488. The summed E-state index contributed by atoms with van der Waals surface area (Å²) in [6, 6.07) is 44.2. The number of thioether (sulfide) groups is 1. The molecule has 6 aromatic carbocycles. The summed E-state index contributed by atoms with van der Waals surface area (Å²) in [5.41, 5.74) is 3.20. The maximum Gasteiger partial charge on any atom is 0.272 e. The molecule has 0 bridgehead atoms. The van der Waals surface area contributed by atoms with Crippen molar-refractivity contribution in [3.05, 3.63) is 173 Å². The zero-order valence-electron chi connectivity index (χ0n) is 26.9. The van der Waals surface area contributed by atoms with E-state index in [1.807, 2.05) is 91.0 Å². The molecule has 0 spiro atoms. The minimum absolute atomic E-state index is 0.0908. The Morgan fingerprint density at radius 1 is 0.720 bits per heavy atom. The molecule has 50 heavy (non-hydrogen) atoms. The molecule has 0 saturated heterocycles. The predicted molar refractivity (Wildman–Crippen MR) is 203 cm³/mol. The quantitative estimate of drug-likeness (QED) is 0.0926. The van der Waals surface area contributed by atoms with Gasteiger partial charge in [0.2, 0.25) is 5.91 Å². The summed E-state index contributed by atoms with van der Waals surface area (Å²) in [6.45, 7) is 0. The Morgan fingerprint density at radius 3 is 2.10 bits per heavy atom. The molecule has 0 aliphatic heterocycles. The number of carbonyl (C=O) groups excluding carboxylic acids is 3. The normalized spacial score (nSPS) is 11.8. The van der Waals surface area contributed by atoms with Crippen molar-refractivity contribution in [2.24, 2.45) is 0 Å². The molecule has 7 nitrogen and oxygen atoms in total. The van der Waals surface area contributed by atoms with Gasteiger partial charge in [0.05, 0.1) is 12.1 Å². The van der Waals surface area contributed by atoms with E-state index in [4.69, 9.17) is 16.3 Å². The number of rotatable bonds is 11. The van der Waals surface area contributed by atoms with Gasteiger partial charge in [0, 0.05) is 21.8 Å². The first-order valence-electron chi connectivity index (χ1n) is 15.7. The number of methoxy groups -OCH3 is 1. The van der Waals surface area contributed by atoms with Crippen LogP contribution < -0.4 is 20.7 Å². The number of nitrogens with one attached hydrogen (secondary N) is 3. The van der Waals surface area contributed by atoms with Crippen molar-refractivity contribution in [2.45, 2.75) is 10.1 Å². The van der Waals surface area contributed by atoms with E-state index in [2.05, 4.69) is 16.0 Å². The SMILES string of the molecule is COc1ccc(NC(=O)C(Sc2ccc(NC(=O)/C(=C/c3cccc4ccccc34)NC(=O)c3ccccc3)cc2)c2ccccc2)cc1Cl. The molecule has 1 unspecified atom stereocenters. The Labute approximate surface area is 299 Å². The number of anilines is 2. The molecule has 0 fully saturated rings. The largest absolute Gasteiger partial charge is 0.495 e. The number of carbonyl (C=O) groups is 3. The van der Waals surface area contributed by atoms with Crippen LogP contribution in [0.5, 0.6) is 5.75 Å². The highest BCUT2D eigenvalue weighted by molar-refractivity contribution is 8.00. The van der Waals surface area contributed by atoms with Gasteiger partial charge in [-0.25, -0.2) is 0 Å². The van der Waals surface area contributed by atoms with Gasteiger partial charge in [0.1, 0.15) is 16.7 Å². The third-order valence-electron chi connectivity index (χ3n) is 7.78. The molecule has 0 aliphatic carbocycles. The molecule has 6 aromatic rings. The Morgan fingerprint density at radius 2 is 1.38 bits per heavy atom. The number of amides is 3. The lowest BCUT2D eigenvalue weighted by atomic mass is 10.0. The van der Waals surface area contributed by atoms with E-state index in [0.717, 1.165) is 26.8 Å². The third-order valence-corrected chi connectivity index (χ3v) is 9.34. The van der Waals surface area contributed by atoms with E-state index < -0.39 is 17.1 Å². The molecule has 0 heterocycles. The molecule has 6 rings (SSSR count). The number of hydrogen-bond donors (Lipinski definition) is 3. The molecule has 1 atom stereocenters. The van der Waals surface area contributed by atoms with E-state index in [1.54, 1.807) is 60.7 Å². The predicted octanol–water partition coefficient (Wildman–Crippen LogP) is 9.38. The second kappa shape index (κ2) is 16.0. The number of ether oxygens (including phenoxy) is 1. The van der Waals surface area contributed by atoms with Crippen LogP contribution in [0.25, 0.3) is 16.8 Å². The first kappa shape index (κ1) is 34.0. The average Bonchev–Trinajstić information content (AvgIpc) is 3.15. The van der Waals surface area contributed by atoms with Crippen molar-refractivity contribution in [2.75, 3.05) is 17.7 Å². The second-order valence-corrected chi connectivity index (χ2v) is 12.8. The van der Waals surface area contributed by atoms with Gasteiger partial charge in [-0.15, -0.1) is 11.8 Å². The van der Waals surface area contributed by atoms with Crippen LogP contribution in [0.3, 0.4) is 0 Å². The summed E-state index contributed by atoms with van der Waals surface area (Å²) < 4.78 is 5.23. The van der Waals surface area contributed by atoms with Gasteiger partial charge in [-0.2, -0.15) is 0 Å². The van der Waals surface area contributed by atoms with Gasteiger partial charge in [-0.1, -0.05) is 103 Å². The van der Waals surface area contributed by atoms with Gasteiger partial charge >= 0.3 is 0 Å². The van der Waals surface area contributed by atoms with Crippen molar-refractivity contribution in [1.29, 1.82) is 0 Å². The van der Waals surface area contributed by atoms with Crippen molar-refractivity contribution in [1.82, 2.24) is 5.32 Å². The maximum atomic E-state index is 13.7. The minimum atomic E-state index is -0.582. The summed E-state index contributed by atoms with van der Waals surface area (Å²) in [6.07, 6.45) is 1.68. The first-order valence-corrected chi connectivity index (χ1v) is 17.0. The van der Waals surface area contributed by atoms with Crippen LogP contribution in [0.2, 0.25) is 5.02 Å². The summed E-state index contributed by atoms with van der Waals surface area (Å²) in [5.74, 6) is -0.596. The van der Waals surface area contributed by atoms with E-state index in [9.17, 15) is 14.4 Å². The monoisotopic (exact) mass is 697 g/mol. The lowest BCUT2D eigenvalue weighted by molar-refractivity contribution is -0.116. The van der Waals surface area contributed by atoms with Crippen LogP contribution in [0, 0.1) is 0 Å². The van der Waals surface area contributed by atoms with Crippen LogP contribution >= 0.6 is 23.4 Å². The van der Waals surface area contributed by atoms with Crippen LogP contribution in [-0.2, 0) is 9.59 Å². The van der Waals surface area contributed by atoms with Crippen LogP contribution in [-0.4, -0.2) is 24.8 Å². The van der Waals surface area contributed by atoms with Crippen LogP contribution in [0.1, 0.15) is 26.7 Å². The standard InChI is InChI=1S/C41H32ClN3O4S/c1-49-37-24-21-32(26-35(37)42)44-41(48)38(28-12-4-2-5-13-28)50-33-22-19-31(20-23-33)43-40(47)36(45-39(46)29-14-6-3-7-15-29)25-30-17-10-16-27-11-8-9-18-34(27)30/h2-26,38H,1H3,(H,43,47)(H,44,48)(H,45,46)/b36-25-. The Hall–Kier alpha value is -5.83. The zero-order valence-corrected chi connectivity index (χ0v) is 28.5. The van der Waals surface area contributed by atoms with Crippen molar-refractivity contribution < 1.29 is 19.1 Å². The fourth-order valence-corrected chi connectivity index (χ4v) is 6.56. The number of hydrogen-bond acceptors (Lipinski definition) is 5. The Bertz CT molecular complexity index is 2170. The van der Waals surface area contributed by atoms with E-state index >= 15 is 0 Å². The first-order chi connectivity index (χ1) is 24.4. The molecular weight excluding hydrogens is 666 g/mol. The van der Waals surface area contributed by atoms with Crippen molar-refractivity contribution in [3.63, 3.8) is 0 Å². The maximum absolute atomic E-state index is 13.7. The summed E-state index contributed by atoms with van der Waals surface area (Å²) in [4.78, 5) is 41.3. The van der Waals surface area contributed by atoms with E-state index in [1.165, 1.54) is 18.9 Å². The van der Waals surface area contributed by atoms with E-state index in [-0.39, 0.29) is 11.6 Å². The smallest absolute Gasteiger partial charge is 0.272 e. The molecule has 248 valence electrons. The highest BCUT2D eigenvalue weighted by Gasteiger charge is 2.23. The van der Waals surface area contributed by atoms with Gasteiger partial charge in [-0.3, -0.25) is 14.4 Å². The molecule has 0 aliphatic rings. The summed E-state index contributed by atoms with van der Waals surface area (Å²) in [7, 11) is 1.53. The Kier molecular flexibility index (Phi) is 10.9. The summed E-state index contributed by atoms with van der Waals surface area (Å²) >= 11 is 7.66. The zero-order chi connectivity index (χ0) is 34.9. The Balaban J connectivity index is 1.22. The second-order valence-electron chi connectivity index (χ2n) is 11.2. The van der Waals surface area contributed by atoms with Gasteiger partial charge < -0.3 is 20.7 Å². The lowest BCUT2D eigenvalue weighted by Crippen LogP contribution is -2.30. The summed E-state index contributed by atoms with van der Waals surface area (Å²) in [5, 5.41) is 10.5. The molecule has 0 saturated carbocycles. The van der Waals surface area contributed by atoms with Gasteiger partial charge in [0.15, 0.2) is 0 Å². The average molecular weight is 698 g/mol. The lowest BCUT2D eigenvalue weighted by Gasteiger charge is -2.18. The van der Waals surface area contributed by atoms with Crippen LogP contribution in [0.15, 0.2) is 156 Å². The molecule has 9 heteroatoms. The highest BCUT2D eigenvalue weighted by atomic mass is 35.5. The van der Waals surface area contributed by atoms with Crippen molar-refractivity contribution >= 4 is 69.3 Å². The van der Waals surface area contributed by atoms with E-state index in [0.29, 0.717) is 27.7 Å². The van der Waals surface area contributed by atoms with Gasteiger partial charge in [-0.05, 0) is 82.6 Å². The van der Waals surface area contributed by atoms with Crippen LogP contribution in [0.4, 0.5) is 11.4 Å². The third kappa shape index (κ3) is 8.41.